The Hall–Kier alpha value is -0.160. The molecule has 0 aliphatic rings. The summed E-state index contributed by atoms with van der Waals surface area (Å²) in [4.78, 5) is 0. The first-order chi connectivity index (χ1) is 8.99. The Morgan fingerprint density at radius 1 is 1.11 bits per heavy atom. The van der Waals surface area contributed by atoms with Gasteiger partial charge in [0.15, 0.2) is 0 Å². The van der Waals surface area contributed by atoms with Gasteiger partial charge in [-0.05, 0) is 76.4 Å². The van der Waals surface area contributed by atoms with E-state index in [9.17, 15) is 0 Å². The van der Waals surface area contributed by atoms with Gasteiger partial charge in [0.05, 0.1) is 7.57 Å². The van der Waals surface area contributed by atoms with Crippen molar-refractivity contribution >= 4 is 43.2 Å². The van der Waals surface area contributed by atoms with Crippen molar-refractivity contribution in [2.24, 2.45) is 0 Å². The fraction of sp³-hybridized carbons (Fsp3) is 0.333. The molecule has 0 aliphatic heterocycles. The lowest BCUT2D eigenvalue weighted by Crippen LogP contribution is -2.18. The molecule has 1 unspecified atom stereocenters. The summed E-state index contributed by atoms with van der Waals surface area (Å²) in [5, 5.41) is 3.42. The van der Waals surface area contributed by atoms with Crippen LogP contribution in [0.15, 0.2) is 31.8 Å². The Labute approximate surface area is 135 Å². The molecule has 0 aliphatic carbocycles. The number of aryl methyl sites for hydroxylation is 2. The van der Waals surface area contributed by atoms with Crippen LogP contribution in [0.25, 0.3) is 0 Å². The van der Waals surface area contributed by atoms with Crippen LogP contribution >= 0.6 is 43.2 Å². The fourth-order valence-corrected chi connectivity index (χ4v) is 5.35. The molecule has 0 radical (unpaired) electrons. The maximum atomic E-state index is 3.65. The van der Waals surface area contributed by atoms with Crippen LogP contribution in [0.4, 0.5) is 0 Å². The molecule has 0 saturated heterocycles. The number of hydrogen-bond donors (Lipinski definition) is 1. The third-order valence-electron chi connectivity index (χ3n) is 3.13. The Bertz CT molecular complexity index is 557. The van der Waals surface area contributed by atoms with Crippen molar-refractivity contribution in [3.05, 3.63) is 54.1 Å². The molecule has 102 valence electrons. The Balaban J connectivity index is 2.26. The monoisotopic (exact) mass is 401 g/mol. The van der Waals surface area contributed by atoms with Crippen molar-refractivity contribution in [2.45, 2.75) is 26.3 Å². The van der Waals surface area contributed by atoms with Gasteiger partial charge in [0.1, 0.15) is 0 Å². The second kappa shape index (κ2) is 6.53. The number of nitrogens with one attached hydrogen (secondary N) is 1. The van der Waals surface area contributed by atoms with Crippen LogP contribution in [0.2, 0.25) is 0 Å². The van der Waals surface area contributed by atoms with Crippen molar-refractivity contribution in [3.8, 4) is 0 Å². The number of rotatable bonds is 4. The molecule has 0 amide bonds. The first kappa shape index (κ1) is 15.2. The molecule has 0 spiro atoms. The zero-order valence-corrected chi connectivity index (χ0v) is 15.2. The van der Waals surface area contributed by atoms with Crippen molar-refractivity contribution in [2.75, 3.05) is 7.05 Å². The molecule has 2 aromatic rings. The van der Waals surface area contributed by atoms with E-state index in [0.29, 0.717) is 6.04 Å². The first-order valence-electron chi connectivity index (χ1n) is 6.18. The summed E-state index contributed by atoms with van der Waals surface area (Å²) >= 11 is 8.92. The highest BCUT2D eigenvalue weighted by Crippen LogP contribution is 2.36. The number of thiophene rings is 1. The summed E-state index contributed by atoms with van der Waals surface area (Å²) in [7, 11) is 2.02. The van der Waals surface area contributed by atoms with Gasteiger partial charge in [-0.15, -0.1) is 11.3 Å². The Morgan fingerprint density at radius 3 is 2.21 bits per heavy atom. The van der Waals surface area contributed by atoms with E-state index in [0.717, 1.165) is 10.2 Å². The van der Waals surface area contributed by atoms with Gasteiger partial charge in [-0.2, -0.15) is 0 Å². The first-order valence-corrected chi connectivity index (χ1v) is 8.59. The molecule has 1 N–H and O–H groups in total. The van der Waals surface area contributed by atoms with Gasteiger partial charge >= 0.3 is 0 Å². The van der Waals surface area contributed by atoms with Crippen LogP contribution in [-0.4, -0.2) is 7.05 Å². The number of likely N-dealkylation sites (N-methyl/N-ethyl adjacent to an activating group) is 1. The molecule has 4 heteroatoms. The largest absolute Gasteiger partial charge is 0.313 e. The normalized spacial score (nSPS) is 12.7. The van der Waals surface area contributed by atoms with E-state index in [-0.39, 0.29) is 0 Å². The molecule has 1 atom stereocenters. The molecular weight excluding hydrogens is 386 g/mol. The SMILES string of the molecule is CNC(Cc1cc(C)cc(C)c1)c1cc(Br)sc1Br. The average molecular weight is 403 g/mol. The van der Waals surface area contributed by atoms with Crippen molar-refractivity contribution in [3.63, 3.8) is 0 Å². The second-order valence-corrected chi connectivity index (χ2v) is 8.57. The summed E-state index contributed by atoms with van der Waals surface area (Å²) in [5.41, 5.74) is 5.36. The van der Waals surface area contributed by atoms with Crippen molar-refractivity contribution < 1.29 is 0 Å². The molecule has 1 aromatic carbocycles. The van der Waals surface area contributed by atoms with Gasteiger partial charge in [0.25, 0.3) is 0 Å². The van der Waals surface area contributed by atoms with E-state index < -0.39 is 0 Å². The summed E-state index contributed by atoms with van der Waals surface area (Å²) in [5.74, 6) is 0. The molecule has 2 rings (SSSR count). The summed E-state index contributed by atoms with van der Waals surface area (Å²) in [6.07, 6.45) is 1.00. The van der Waals surface area contributed by atoms with Gasteiger partial charge in [-0.1, -0.05) is 29.3 Å². The zero-order valence-electron chi connectivity index (χ0n) is 11.3. The van der Waals surface area contributed by atoms with E-state index in [1.54, 1.807) is 11.3 Å². The lowest BCUT2D eigenvalue weighted by Gasteiger charge is -2.16. The number of benzene rings is 1. The Morgan fingerprint density at radius 2 is 1.74 bits per heavy atom. The molecule has 0 fully saturated rings. The average Bonchev–Trinajstić information content (AvgIpc) is 2.64. The predicted molar refractivity (Wildman–Crippen MR) is 91.1 cm³/mol. The third kappa shape index (κ3) is 3.91. The van der Waals surface area contributed by atoms with Crippen molar-refractivity contribution in [1.82, 2.24) is 5.32 Å². The molecule has 1 aromatic heterocycles. The van der Waals surface area contributed by atoms with Gasteiger partial charge in [0.2, 0.25) is 0 Å². The quantitative estimate of drug-likeness (QED) is 0.722. The molecule has 0 saturated carbocycles. The smallest absolute Gasteiger partial charge is 0.0758 e. The summed E-state index contributed by atoms with van der Waals surface area (Å²) in [6, 6.07) is 9.28. The maximum Gasteiger partial charge on any atom is 0.0758 e. The highest BCUT2D eigenvalue weighted by molar-refractivity contribution is 9.12. The maximum absolute atomic E-state index is 3.65. The lowest BCUT2D eigenvalue weighted by molar-refractivity contribution is 0.591. The predicted octanol–water partition coefficient (Wildman–Crippen LogP) is 5.39. The van der Waals surface area contributed by atoms with Crippen LogP contribution in [0.1, 0.15) is 28.3 Å². The number of halogens is 2. The fourth-order valence-electron chi connectivity index (χ4n) is 2.38. The molecule has 0 bridgehead atoms. The molecule has 1 nitrogen and oxygen atoms in total. The minimum absolute atomic E-state index is 0.332. The van der Waals surface area contributed by atoms with Gasteiger partial charge < -0.3 is 5.32 Å². The highest BCUT2D eigenvalue weighted by Gasteiger charge is 2.16. The van der Waals surface area contributed by atoms with Crippen molar-refractivity contribution in [1.29, 1.82) is 0 Å². The molecule has 19 heavy (non-hydrogen) atoms. The van der Waals surface area contributed by atoms with Gasteiger partial charge in [0, 0.05) is 6.04 Å². The summed E-state index contributed by atoms with van der Waals surface area (Å²) in [6.45, 7) is 4.31. The Kier molecular flexibility index (Phi) is 5.23. The second-order valence-electron chi connectivity index (χ2n) is 4.82. The van der Waals surface area contributed by atoms with Gasteiger partial charge in [-0.3, -0.25) is 0 Å². The summed E-state index contributed by atoms with van der Waals surface area (Å²) < 4.78 is 2.36. The molecular formula is C15H17Br2NS. The lowest BCUT2D eigenvalue weighted by atomic mass is 9.98. The van der Waals surface area contributed by atoms with E-state index in [1.807, 2.05) is 7.05 Å². The highest BCUT2D eigenvalue weighted by atomic mass is 79.9. The van der Waals surface area contributed by atoms with E-state index >= 15 is 0 Å². The third-order valence-corrected chi connectivity index (χ3v) is 5.51. The topological polar surface area (TPSA) is 12.0 Å². The van der Waals surface area contributed by atoms with Crippen LogP contribution < -0.4 is 5.32 Å². The molecule has 1 heterocycles. The van der Waals surface area contributed by atoms with E-state index in [1.165, 1.54) is 26.0 Å². The van der Waals surface area contributed by atoms with Crippen LogP contribution in [-0.2, 0) is 6.42 Å². The van der Waals surface area contributed by atoms with E-state index in [4.69, 9.17) is 0 Å². The minimum atomic E-state index is 0.332. The van der Waals surface area contributed by atoms with Gasteiger partial charge in [-0.25, -0.2) is 0 Å². The minimum Gasteiger partial charge on any atom is -0.313 e. The van der Waals surface area contributed by atoms with Crippen LogP contribution in [0, 0.1) is 13.8 Å². The van der Waals surface area contributed by atoms with E-state index in [2.05, 4.69) is 75.3 Å². The zero-order chi connectivity index (χ0) is 14.0. The standard InChI is InChI=1S/C15H17Br2NS/c1-9-4-10(2)6-11(5-9)7-13(18-3)12-8-14(16)19-15(12)17/h4-6,8,13,18H,7H2,1-3H3. The van der Waals surface area contributed by atoms with Crippen LogP contribution in [0.5, 0.6) is 0 Å². The van der Waals surface area contributed by atoms with Crippen LogP contribution in [0.3, 0.4) is 0 Å². The number of hydrogen-bond acceptors (Lipinski definition) is 2.